The van der Waals surface area contributed by atoms with Gasteiger partial charge < -0.3 is 10.6 Å². The van der Waals surface area contributed by atoms with Gasteiger partial charge in [-0.1, -0.05) is 42.5 Å². The minimum Gasteiger partial charge on any atom is -0.363 e. The Labute approximate surface area is 240 Å². The number of nitrogens with zero attached hydrogens (tertiary/aromatic N) is 4. The summed E-state index contributed by atoms with van der Waals surface area (Å²) in [5, 5.41) is 0. The Morgan fingerprint density at radius 2 is 1.45 bits per heavy atom. The second-order valence-corrected chi connectivity index (χ2v) is 10.4. The third kappa shape index (κ3) is 6.02. The standard InChI is InChI=1S/C31H31F4N5O2/c1-20-29(38-14-12-37(13-15-38)17-22-10-11-23(32)16-27(22)35)30(41)40(19-28(36)21-6-3-2-4-7-21)31(42)39(20)18-24-25(33)8-5-9-26(24)34/h2-11,16,28H,12-15,17-19,36H2,1H3. The van der Waals surface area contributed by atoms with Crippen LogP contribution in [0.1, 0.15) is 28.4 Å². The van der Waals surface area contributed by atoms with Crippen molar-refractivity contribution in [3.63, 3.8) is 0 Å². The molecule has 0 aliphatic carbocycles. The predicted octanol–water partition coefficient (Wildman–Crippen LogP) is 3.95. The Morgan fingerprint density at radius 1 is 0.786 bits per heavy atom. The van der Waals surface area contributed by atoms with Crippen molar-refractivity contribution in [3.05, 3.63) is 133 Å². The van der Waals surface area contributed by atoms with E-state index in [9.17, 15) is 27.2 Å². The maximum Gasteiger partial charge on any atom is 0.331 e. The van der Waals surface area contributed by atoms with Crippen LogP contribution in [-0.4, -0.2) is 40.2 Å². The van der Waals surface area contributed by atoms with E-state index in [-0.39, 0.29) is 30.0 Å². The molecule has 3 aromatic carbocycles. The number of hydrogen-bond acceptors (Lipinski definition) is 5. The molecule has 0 amide bonds. The van der Waals surface area contributed by atoms with Gasteiger partial charge in [0, 0.05) is 61.7 Å². The summed E-state index contributed by atoms with van der Waals surface area (Å²) >= 11 is 0. The Balaban J connectivity index is 1.49. The maximum atomic E-state index is 14.6. The van der Waals surface area contributed by atoms with Crippen LogP contribution in [-0.2, 0) is 19.6 Å². The van der Waals surface area contributed by atoms with Crippen LogP contribution in [0, 0.1) is 30.2 Å². The van der Waals surface area contributed by atoms with Crippen molar-refractivity contribution < 1.29 is 17.6 Å². The van der Waals surface area contributed by atoms with Crippen LogP contribution in [0.15, 0.2) is 76.3 Å². The number of anilines is 1. The highest BCUT2D eigenvalue weighted by Crippen LogP contribution is 2.21. The first-order valence-electron chi connectivity index (χ1n) is 13.6. The summed E-state index contributed by atoms with van der Waals surface area (Å²) in [7, 11) is 0. The van der Waals surface area contributed by atoms with Crippen LogP contribution in [0.4, 0.5) is 23.2 Å². The molecule has 0 spiro atoms. The summed E-state index contributed by atoms with van der Waals surface area (Å²) in [5.41, 5.74) is 6.42. The number of halogens is 4. The highest BCUT2D eigenvalue weighted by atomic mass is 19.1. The molecular weight excluding hydrogens is 550 g/mol. The summed E-state index contributed by atoms with van der Waals surface area (Å²) < 4.78 is 59.0. The fourth-order valence-electron chi connectivity index (χ4n) is 5.36. The van der Waals surface area contributed by atoms with Gasteiger partial charge in [-0.05, 0) is 30.7 Å². The zero-order valence-corrected chi connectivity index (χ0v) is 23.1. The summed E-state index contributed by atoms with van der Waals surface area (Å²) in [6.07, 6.45) is 0. The van der Waals surface area contributed by atoms with E-state index in [4.69, 9.17) is 5.73 Å². The molecule has 1 fully saturated rings. The molecule has 2 heterocycles. The Morgan fingerprint density at radius 3 is 2.10 bits per heavy atom. The lowest BCUT2D eigenvalue weighted by Crippen LogP contribution is -2.51. The molecule has 220 valence electrons. The van der Waals surface area contributed by atoms with Gasteiger partial charge in [-0.25, -0.2) is 22.4 Å². The molecule has 2 N–H and O–H groups in total. The van der Waals surface area contributed by atoms with Gasteiger partial charge in [0.1, 0.15) is 29.0 Å². The largest absolute Gasteiger partial charge is 0.363 e. The molecule has 1 unspecified atom stereocenters. The van der Waals surface area contributed by atoms with Crippen molar-refractivity contribution in [1.29, 1.82) is 0 Å². The maximum absolute atomic E-state index is 14.6. The SMILES string of the molecule is Cc1c(N2CCN(Cc3ccc(F)cc3F)CC2)c(=O)n(CC(N)c2ccccc2)c(=O)n1Cc1c(F)cccc1F. The van der Waals surface area contributed by atoms with Crippen molar-refractivity contribution in [2.45, 2.75) is 32.6 Å². The molecule has 0 saturated carbocycles. The fourth-order valence-corrected chi connectivity index (χ4v) is 5.36. The van der Waals surface area contributed by atoms with Gasteiger partial charge in [0.25, 0.3) is 5.56 Å². The molecule has 0 bridgehead atoms. The van der Waals surface area contributed by atoms with Gasteiger partial charge in [-0.3, -0.25) is 18.8 Å². The highest BCUT2D eigenvalue weighted by Gasteiger charge is 2.27. The van der Waals surface area contributed by atoms with E-state index in [1.165, 1.54) is 22.8 Å². The summed E-state index contributed by atoms with van der Waals surface area (Å²) in [4.78, 5) is 31.4. The van der Waals surface area contributed by atoms with E-state index >= 15 is 0 Å². The lowest BCUT2D eigenvalue weighted by molar-refractivity contribution is 0.246. The predicted molar refractivity (Wildman–Crippen MR) is 152 cm³/mol. The lowest BCUT2D eigenvalue weighted by atomic mass is 10.1. The normalized spacial score (nSPS) is 14.8. The van der Waals surface area contributed by atoms with E-state index in [0.717, 1.165) is 28.3 Å². The molecule has 1 atom stereocenters. The van der Waals surface area contributed by atoms with Crippen molar-refractivity contribution >= 4 is 5.69 Å². The molecule has 5 rings (SSSR count). The first kappa shape index (κ1) is 29.3. The summed E-state index contributed by atoms with van der Waals surface area (Å²) in [6, 6.07) is 15.3. The van der Waals surface area contributed by atoms with Gasteiger partial charge in [0.2, 0.25) is 0 Å². The van der Waals surface area contributed by atoms with Crippen LogP contribution in [0.3, 0.4) is 0 Å². The molecule has 0 radical (unpaired) electrons. The van der Waals surface area contributed by atoms with E-state index in [0.29, 0.717) is 31.7 Å². The van der Waals surface area contributed by atoms with E-state index in [1.807, 2.05) is 15.9 Å². The van der Waals surface area contributed by atoms with E-state index < -0.39 is 47.1 Å². The fraction of sp³-hybridized carbons (Fsp3) is 0.290. The Hall–Kier alpha value is -4.22. The van der Waals surface area contributed by atoms with Gasteiger partial charge in [0.05, 0.1) is 13.1 Å². The number of nitrogens with two attached hydrogens (primary N) is 1. The third-order valence-electron chi connectivity index (χ3n) is 7.74. The number of aromatic nitrogens is 2. The van der Waals surface area contributed by atoms with E-state index in [1.54, 1.807) is 31.2 Å². The third-order valence-corrected chi connectivity index (χ3v) is 7.74. The first-order chi connectivity index (χ1) is 20.1. The van der Waals surface area contributed by atoms with E-state index in [2.05, 4.69) is 0 Å². The van der Waals surface area contributed by atoms with Crippen LogP contribution in [0.25, 0.3) is 0 Å². The minimum absolute atomic E-state index is 0.140. The van der Waals surface area contributed by atoms with Gasteiger partial charge in [0.15, 0.2) is 0 Å². The van der Waals surface area contributed by atoms with Crippen LogP contribution in [0.5, 0.6) is 0 Å². The summed E-state index contributed by atoms with van der Waals surface area (Å²) in [5.74, 6) is -2.88. The summed E-state index contributed by atoms with van der Waals surface area (Å²) in [6.45, 7) is 2.95. The van der Waals surface area contributed by atoms with Crippen molar-refractivity contribution in [3.8, 4) is 0 Å². The first-order valence-corrected chi connectivity index (χ1v) is 13.6. The molecule has 1 aliphatic rings. The lowest BCUT2D eigenvalue weighted by Gasteiger charge is -2.37. The van der Waals surface area contributed by atoms with Crippen LogP contribution < -0.4 is 21.9 Å². The molecule has 11 heteroatoms. The van der Waals surface area contributed by atoms with Gasteiger partial charge in [-0.15, -0.1) is 0 Å². The van der Waals surface area contributed by atoms with Crippen molar-refractivity contribution in [1.82, 2.24) is 14.0 Å². The van der Waals surface area contributed by atoms with Crippen molar-refractivity contribution in [2.75, 3.05) is 31.1 Å². The monoisotopic (exact) mass is 581 g/mol. The second-order valence-electron chi connectivity index (χ2n) is 10.4. The Bertz CT molecular complexity index is 1680. The molecule has 7 nitrogen and oxygen atoms in total. The molecular formula is C31H31F4N5O2. The molecule has 1 aliphatic heterocycles. The zero-order valence-electron chi connectivity index (χ0n) is 23.1. The topological polar surface area (TPSA) is 76.5 Å². The zero-order chi connectivity index (χ0) is 30.0. The van der Waals surface area contributed by atoms with Crippen molar-refractivity contribution in [2.24, 2.45) is 5.73 Å². The molecule has 4 aromatic rings. The number of rotatable bonds is 8. The smallest absolute Gasteiger partial charge is 0.331 e. The van der Waals surface area contributed by atoms with Crippen LogP contribution in [0.2, 0.25) is 0 Å². The minimum atomic E-state index is -0.803. The molecule has 1 saturated heterocycles. The molecule has 1 aromatic heterocycles. The average Bonchev–Trinajstić information content (AvgIpc) is 2.97. The average molecular weight is 582 g/mol. The van der Waals surface area contributed by atoms with Gasteiger partial charge in [-0.2, -0.15) is 0 Å². The number of piperazine rings is 1. The number of benzene rings is 3. The molecule has 42 heavy (non-hydrogen) atoms. The second kappa shape index (κ2) is 12.3. The van der Waals surface area contributed by atoms with Gasteiger partial charge >= 0.3 is 5.69 Å². The highest BCUT2D eigenvalue weighted by molar-refractivity contribution is 5.50. The van der Waals surface area contributed by atoms with Crippen LogP contribution >= 0.6 is 0 Å². The quantitative estimate of drug-likeness (QED) is 0.319. The number of hydrogen-bond donors (Lipinski definition) is 1. The Kier molecular flexibility index (Phi) is 8.60.